The van der Waals surface area contributed by atoms with E-state index < -0.39 is 0 Å². The molecule has 0 saturated carbocycles. The second-order valence-electron chi connectivity index (χ2n) is 9.69. The van der Waals surface area contributed by atoms with Gasteiger partial charge in [-0.1, -0.05) is 30.3 Å². The van der Waals surface area contributed by atoms with Crippen molar-refractivity contribution in [2.75, 3.05) is 52.7 Å². The molecule has 37 heavy (non-hydrogen) atoms. The number of rotatable bonds is 6. The number of piperazine rings is 1. The van der Waals surface area contributed by atoms with Crippen molar-refractivity contribution in [1.29, 1.82) is 0 Å². The van der Waals surface area contributed by atoms with E-state index >= 15 is 0 Å². The molecule has 1 atom stereocenters. The monoisotopic (exact) mass is 519 g/mol. The van der Waals surface area contributed by atoms with Crippen LogP contribution >= 0.6 is 12.2 Å². The van der Waals surface area contributed by atoms with Gasteiger partial charge in [0, 0.05) is 57.1 Å². The number of anilines is 4. The minimum atomic E-state index is -0.251. The molecule has 5 rings (SSSR count). The van der Waals surface area contributed by atoms with Crippen molar-refractivity contribution in [1.82, 2.24) is 15.3 Å². The number of thiocarbonyl (C=S) groups is 1. The largest absolute Gasteiger partial charge is 0.368 e. The molecule has 1 aromatic heterocycles. The highest BCUT2D eigenvalue weighted by atomic mass is 32.1. The summed E-state index contributed by atoms with van der Waals surface area (Å²) >= 11 is 5.54. The zero-order chi connectivity index (χ0) is 25.6. The van der Waals surface area contributed by atoms with Crippen LogP contribution in [0.2, 0.25) is 0 Å². The molecule has 2 N–H and O–H groups in total. The normalized spacial score (nSPS) is 18.0. The highest BCUT2D eigenvalue weighted by Crippen LogP contribution is 2.28. The van der Waals surface area contributed by atoms with E-state index in [0.717, 1.165) is 56.3 Å². The summed E-state index contributed by atoms with van der Waals surface area (Å²) in [7, 11) is 0. The van der Waals surface area contributed by atoms with Gasteiger partial charge >= 0.3 is 0 Å². The van der Waals surface area contributed by atoms with Crippen LogP contribution in [-0.4, -0.2) is 53.8 Å². The molecule has 3 heterocycles. The third-order valence-corrected chi connectivity index (χ3v) is 7.36. The van der Waals surface area contributed by atoms with Crippen molar-refractivity contribution in [3.05, 3.63) is 72.0 Å². The first-order chi connectivity index (χ1) is 18.0. The first-order valence-electron chi connectivity index (χ1n) is 13.0. The van der Waals surface area contributed by atoms with E-state index in [9.17, 15) is 4.39 Å². The maximum atomic E-state index is 13.2. The van der Waals surface area contributed by atoms with Gasteiger partial charge in [-0.05, 0) is 68.2 Å². The van der Waals surface area contributed by atoms with Crippen LogP contribution in [-0.2, 0) is 6.54 Å². The Labute approximate surface area is 223 Å². The molecule has 0 spiro atoms. The summed E-state index contributed by atoms with van der Waals surface area (Å²) in [6, 6.07) is 19.5. The smallest absolute Gasteiger partial charge is 0.232 e. The van der Waals surface area contributed by atoms with Crippen LogP contribution < -0.4 is 25.3 Å². The second-order valence-corrected chi connectivity index (χ2v) is 10.1. The van der Waals surface area contributed by atoms with E-state index in [2.05, 4.69) is 68.7 Å². The topological polar surface area (TPSA) is 59.6 Å². The Hall–Kier alpha value is -3.46. The van der Waals surface area contributed by atoms with Gasteiger partial charge in [0.05, 0.1) is 0 Å². The van der Waals surface area contributed by atoms with Gasteiger partial charge in [-0.2, -0.15) is 9.97 Å². The first-order valence-corrected chi connectivity index (χ1v) is 13.5. The molecule has 7 nitrogen and oxygen atoms in total. The summed E-state index contributed by atoms with van der Waals surface area (Å²) < 4.78 is 13.2. The Bertz CT molecular complexity index is 1180. The molecular formula is C28H34FN7S. The molecule has 2 aliphatic rings. The number of hydrogen-bond acceptors (Lipinski definition) is 6. The number of piperidine rings is 1. The number of para-hydroxylation sites is 1. The molecule has 0 aliphatic carbocycles. The fraction of sp³-hybridized carbons (Fsp3) is 0.393. The fourth-order valence-electron chi connectivity index (χ4n) is 4.99. The van der Waals surface area contributed by atoms with Crippen LogP contribution in [0.5, 0.6) is 0 Å². The van der Waals surface area contributed by atoms with Gasteiger partial charge in [-0.3, -0.25) is 0 Å². The zero-order valence-corrected chi connectivity index (χ0v) is 22.1. The molecule has 2 aliphatic heterocycles. The van der Waals surface area contributed by atoms with Crippen LogP contribution in [0.25, 0.3) is 0 Å². The van der Waals surface area contributed by atoms with Gasteiger partial charge in [-0.15, -0.1) is 0 Å². The lowest BCUT2D eigenvalue weighted by Gasteiger charge is -2.38. The SMILES string of the molecule is C[C@@H]1CCCCN1c1cc(N2CCN(c3ccccc3)CC2)nc(NC(=S)NCc2ccc(F)cc2)n1. The predicted molar refractivity (Wildman–Crippen MR) is 153 cm³/mol. The Morgan fingerprint density at radius 3 is 2.35 bits per heavy atom. The van der Waals surface area contributed by atoms with E-state index in [4.69, 9.17) is 22.2 Å². The average molecular weight is 520 g/mol. The molecule has 2 saturated heterocycles. The van der Waals surface area contributed by atoms with E-state index in [1.54, 1.807) is 12.1 Å². The minimum absolute atomic E-state index is 0.251. The number of nitrogens with zero attached hydrogens (tertiary/aromatic N) is 5. The first kappa shape index (κ1) is 25.2. The second kappa shape index (κ2) is 11.7. The van der Waals surface area contributed by atoms with E-state index in [0.29, 0.717) is 23.6 Å². The summed E-state index contributed by atoms with van der Waals surface area (Å²) in [5.41, 5.74) is 2.20. The fourth-order valence-corrected chi connectivity index (χ4v) is 5.15. The molecule has 0 unspecified atom stereocenters. The van der Waals surface area contributed by atoms with Crippen LogP contribution in [0.4, 0.5) is 27.7 Å². The lowest BCUT2D eigenvalue weighted by Crippen LogP contribution is -2.47. The molecule has 9 heteroatoms. The maximum absolute atomic E-state index is 13.2. The Morgan fingerprint density at radius 1 is 0.919 bits per heavy atom. The molecular weight excluding hydrogens is 485 g/mol. The van der Waals surface area contributed by atoms with Gasteiger partial charge in [0.15, 0.2) is 5.11 Å². The molecule has 0 amide bonds. The summed E-state index contributed by atoms with van der Waals surface area (Å²) in [5, 5.41) is 6.81. The van der Waals surface area contributed by atoms with Crippen molar-refractivity contribution in [2.24, 2.45) is 0 Å². The minimum Gasteiger partial charge on any atom is -0.368 e. The predicted octanol–water partition coefficient (Wildman–Crippen LogP) is 4.81. The van der Waals surface area contributed by atoms with Gasteiger partial charge in [0.2, 0.25) is 5.95 Å². The third kappa shape index (κ3) is 6.46. The molecule has 3 aromatic rings. The summed E-state index contributed by atoms with van der Waals surface area (Å²) in [5.74, 6) is 2.09. The lowest BCUT2D eigenvalue weighted by atomic mass is 10.0. The molecule has 194 valence electrons. The Kier molecular flexibility index (Phi) is 7.99. The quantitative estimate of drug-likeness (QED) is 0.450. The maximum Gasteiger partial charge on any atom is 0.232 e. The lowest BCUT2D eigenvalue weighted by molar-refractivity contribution is 0.481. The van der Waals surface area contributed by atoms with E-state index in [1.807, 2.05) is 0 Å². The van der Waals surface area contributed by atoms with Crippen LogP contribution in [0.15, 0.2) is 60.7 Å². The number of benzene rings is 2. The molecule has 2 aromatic carbocycles. The molecule has 2 fully saturated rings. The number of halogens is 1. The van der Waals surface area contributed by atoms with Gasteiger partial charge < -0.3 is 25.3 Å². The van der Waals surface area contributed by atoms with E-state index in [1.165, 1.54) is 30.7 Å². The number of hydrogen-bond donors (Lipinski definition) is 2. The molecule has 0 bridgehead atoms. The Balaban J connectivity index is 1.31. The average Bonchev–Trinajstić information content (AvgIpc) is 2.93. The van der Waals surface area contributed by atoms with Gasteiger partial charge in [0.1, 0.15) is 17.5 Å². The highest BCUT2D eigenvalue weighted by molar-refractivity contribution is 7.80. The van der Waals surface area contributed by atoms with Crippen molar-refractivity contribution in [2.45, 2.75) is 38.8 Å². The van der Waals surface area contributed by atoms with Gasteiger partial charge in [0.25, 0.3) is 0 Å². The third-order valence-electron chi connectivity index (χ3n) is 7.11. The number of aromatic nitrogens is 2. The van der Waals surface area contributed by atoms with Crippen molar-refractivity contribution >= 4 is 40.6 Å². The summed E-state index contributed by atoms with van der Waals surface area (Å²) in [6.45, 7) is 7.38. The summed E-state index contributed by atoms with van der Waals surface area (Å²) in [4.78, 5) is 16.9. The van der Waals surface area contributed by atoms with Crippen LogP contribution in [0, 0.1) is 5.82 Å². The summed E-state index contributed by atoms with van der Waals surface area (Å²) in [6.07, 6.45) is 3.58. The highest BCUT2D eigenvalue weighted by Gasteiger charge is 2.24. The Morgan fingerprint density at radius 2 is 1.62 bits per heavy atom. The van der Waals surface area contributed by atoms with E-state index in [-0.39, 0.29) is 5.82 Å². The number of nitrogens with one attached hydrogen (secondary N) is 2. The van der Waals surface area contributed by atoms with Crippen LogP contribution in [0.1, 0.15) is 31.7 Å². The zero-order valence-electron chi connectivity index (χ0n) is 21.2. The van der Waals surface area contributed by atoms with Gasteiger partial charge in [-0.25, -0.2) is 4.39 Å². The van der Waals surface area contributed by atoms with Crippen LogP contribution in [0.3, 0.4) is 0 Å². The standard InChI is InChI=1S/C28H34FN7S/c1-21-7-5-6-14-36(21)26-19-25(35-17-15-34(16-18-35)24-8-3-2-4-9-24)31-27(32-26)33-28(37)30-20-22-10-12-23(29)13-11-22/h2-4,8-13,19,21H,5-7,14-18,20H2,1H3,(H2,30,31,32,33,37)/t21-/m1/s1. The van der Waals surface area contributed by atoms with Crippen molar-refractivity contribution in [3.63, 3.8) is 0 Å². The molecule has 0 radical (unpaired) electrons. The van der Waals surface area contributed by atoms with Crippen molar-refractivity contribution < 1.29 is 4.39 Å². The van der Waals surface area contributed by atoms with Crippen molar-refractivity contribution in [3.8, 4) is 0 Å².